The Kier molecular flexibility index (Phi) is 5.42. The highest BCUT2D eigenvalue weighted by Gasteiger charge is 1.99. The molecule has 0 fully saturated rings. The van der Waals surface area contributed by atoms with Crippen LogP contribution in [0.2, 0.25) is 0 Å². The highest BCUT2D eigenvalue weighted by Crippen LogP contribution is 2.19. The van der Waals surface area contributed by atoms with Gasteiger partial charge in [-0.3, -0.25) is 0 Å². The van der Waals surface area contributed by atoms with Crippen LogP contribution in [0.5, 0.6) is 0 Å². The topological polar surface area (TPSA) is 60.2 Å². The molecule has 1 aromatic rings. The number of nitrogens with two attached hydrogens (primary N) is 1. The third kappa shape index (κ3) is 4.48. The molecule has 0 saturated heterocycles. The van der Waals surface area contributed by atoms with Crippen molar-refractivity contribution in [3.8, 4) is 0 Å². The maximum atomic E-state index is 5.78. The molecule has 0 aliphatic rings. The second-order valence-electron chi connectivity index (χ2n) is 3.07. The molecule has 0 saturated carbocycles. The monoisotopic (exact) mass is 273 g/mol. The van der Waals surface area contributed by atoms with E-state index in [9.17, 15) is 0 Å². The van der Waals surface area contributed by atoms with Crippen molar-refractivity contribution in [2.45, 2.75) is 13.3 Å². The van der Waals surface area contributed by atoms with Crippen LogP contribution >= 0.6 is 15.9 Å². The third-order valence-electron chi connectivity index (χ3n) is 1.85. The van der Waals surface area contributed by atoms with Crippen LogP contribution in [-0.2, 0) is 4.74 Å². The maximum absolute atomic E-state index is 5.78. The number of halogens is 1. The number of aromatic nitrogens is 1. The first-order valence-corrected chi connectivity index (χ1v) is 5.76. The van der Waals surface area contributed by atoms with E-state index in [0.29, 0.717) is 5.69 Å². The molecule has 84 valence electrons. The fourth-order valence-electron chi connectivity index (χ4n) is 1.13. The third-order valence-corrected chi connectivity index (χ3v) is 2.28. The van der Waals surface area contributed by atoms with Crippen molar-refractivity contribution < 1.29 is 4.74 Å². The predicted molar refractivity (Wildman–Crippen MR) is 65.9 cm³/mol. The van der Waals surface area contributed by atoms with Crippen LogP contribution in [0, 0.1) is 0 Å². The van der Waals surface area contributed by atoms with Crippen LogP contribution in [0.15, 0.2) is 16.7 Å². The van der Waals surface area contributed by atoms with Gasteiger partial charge < -0.3 is 15.8 Å². The van der Waals surface area contributed by atoms with Crippen molar-refractivity contribution in [1.29, 1.82) is 0 Å². The zero-order chi connectivity index (χ0) is 11.1. The fourth-order valence-corrected chi connectivity index (χ4v) is 1.48. The molecule has 0 aliphatic heterocycles. The van der Waals surface area contributed by atoms with Crippen LogP contribution in [0.3, 0.4) is 0 Å². The normalized spacial score (nSPS) is 10.3. The molecule has 0 radical (unpaired) electrons. The van der Waals surface area contributed by atoms with Crippen LogP contribution < -0.4 is 11.1 Å². The summed E-state index contributed by atoms with van der Waals surface area (Å²) in [6, 6.07) is 1.83. The molecule has 1 aromatic heterocycles. The quantitative estimate of drug-likeness (QED) is 0.781. The number of hydrogen-bond donors (Lipinski definition) is 2. The smallest absolute Gasteiger partial charge is 0.149 e. The minimum atomic E-state index is 0.654. The van der Waals surface area contributed by atoms with Crippen molar-refractivity contribution >= 4 is 27.4 Å². The second kappa shape index (κ2) is 6.63. The molecule has 1 heterocycles. The molecule has 4 nitrogen and oxygen atoms in total. The van der Waals surface area contributed by atoms with Gasteiger partial charge in [0, 0.05) is 30.4 Å². The van der Waals surface area contributed by atoms with Gasteiger partial charge in [0.15, 0.2) is 0 Å². The number of pyridine rings is 1. The number of rotatable bonds is 6. The molecule has 0 aliphatic carbocycles. The van der Waals surface area contributed by atoms with E-state index in [1.807, 2.05) is 13.0 Å². The highest BCUT2D eigenvalue weighted by atomic mass is 79.9. The Balaban J connectivity index is 2.31. The first-order chi connectivity index (χ1) is 7.24. The maximum Gasteiger partial charge on any atom is 0.149 e. The Labute approximate surface area is 98.3 Å². The van der Waals surface area contributed by atoms with Crippen LogP contribution in [0.25, 0.3) is 0 Å². The highest BCUT2D eigenvalue weighted by molar-refractivity contribution is 9.10. The van der Waals surface area contributed by atoms with E-state index in [4.69, 9.17) is 10.5 Å². The lowest BCUT2D eigenvalue weighted by Crippen LogP contribution is -2.08. The van der Waals surface area contributed by atoms with Gasteiger partial charge in [0.25, 0.3) is 0 Å². The van der Waals surface area contributed by atoms with E-state index >= 15 is 0 Å². The zero-order valence-corrected chi connectivity index (χ0v) is 10.4. The Morgan fingerprint density at radius 1 is 1.60 bits per heavy atom. The van der Waals surface area contributed by atoms with E-state index in [0.717, 1.165) is 36.5 Å². The van der Waals surface area contributed by atoms with Gasteiger partial charge in [-0.05, 0) is 35.3 Å². The predicted octanol–water partition coefficient (Wildman–Crippen LogP) is 2.26. The Morgan fingerprint density at radius 2 is 2.40 bits per heavy atom. The lowest BCUT2D eigenvalue weighted by molar-refractivity contribution is 0.147. The summed E-state index contributed by atoms with van der Waals surface area (Å²) in [7, 11) is 0. The summed E-state index contributed by atoms with van der Waals surface area (Å²) in [5.74, 6) is 0.731. The minimum Gasteiger partial charge on any atom is -0.396 e. The molecule has 0 bridgehead atoms. The average molecular weight is 274 g/mol. The van der Waals surface area contributed by atoms with E-state index < -0.39 is 0 Å². The number of hydrogen-bond acceptors (Lipinski definition) is 4. The van der Waals surface area contributed by atoms with Crippen molar-refractivity contribution in [2.24, 2.45) is 0 Å². The number of nitrogens with one attached hydrogen (secondary N) is 1. The van der Waals surface area contributed by atoms with Crippen LogP contribution in [0.1, 0.15) is 13.3 Å². The number of anilines is 2. The summed E-state index contributed by atoms with van der Waals surface area (Å²) in [6.45, 7) is 4.33. The van der Waals surface area contributed by atoms with Gasteiger partial charge >= 0.3 is 0 Å². The summed E-state index contributed by atoms with van der Waals surface area (Å²) in [4.78, 5) is 4.17. The average Bonchev–Trinajstić information content (AvgIpc) is 2.20. The summed E-state index contributed by atoms with van der Waals surface area (Å²) >= 11 is 3.31. The summed E-state index contributed by atoms with van der Waals surface area (Å²) in [6.07, 6.45) is 2.67. The van der Waals surface area contributed by atoms with Crippen LogP contribution in [0.4, 0.5) is 11.5 Å². The first kappa shape index (κ1) is 12.3. The van der Waals surface area contributed by atoms with Gasteiger partial charge in [0.2, 0.25) is 0 Å². The van der Waals surface area contributed by atoms with E-state index in [1.165, 1.54) is 0 Å². The van der Waals surface area contributed by atoms with Crippen LogP contribution in [-0.4, -0.2) is 24.7 Å². The van der Waals surface area contributed by atoms with Gasteiger partial charge in [-0.25, -0.2) is 4.98 Å². The van der Waals surface area contributed by atoms with Gasteiger partial charge in [-0.1, -0.05) is 0 Å². The van der Waals surface area contributed by atoms with Gasteiger partial charge in [-0.2, -0.15) is 0 Å². The standard InChI is InChI=1S/C10H16BrN3O/c1-2-15-5-3-4-13-10-9(12)6-8(11)7-14-10/h6-7H,2-5,12H2,1H3,(H,13,14). The minimum absolute atomic E-state index is 0.654. The molecule has 0 amide bonds. The van der Waals surface area contributed by atoms with Crippen molar-refractivity contribution in [1.82, 2.24) is 4.98 Å². The lowest BCUT2D eigenvalue weighted by atomic mass is 10.4. The van der Waals surface area contributed by atoms with Gasteiger partial charge in [0.05, 0.1) is 5.69 Å². The lowest BCUT2D eigenvalue weighted by Gasteiger charge is -2.08. The molecule has 15 heavy (non-hydrogen) atoms. The molecule has 1 rings (SSSR count). The molecular weight excluding hydrogens is 258 g/mol. The fraction of sp³-hybridized carbons (Fsp3) is 0.500. The summed E-state index contributed by atoms with van der Waals surface area (Å²) in [5, 5.41) is 3.16. The molecular formula is C10H16BrN3O. The Morgan fingerprint density at radius 3 is 3.07 bits per heavy atom. The van der Waals surface area contributed by atoms with Gasteiger partial charge in [0.1, 0.15) is 5.82 Å². The number of nitrogen functional groups attached to an aromatic ring is 1. The SMILES string of the molecule is CCOCCCNc1ncc(Br)cc1N. The molecule has 3 N–H and O–H groups in total. The summed E-state index contributed by atoms with van der Waals surface area (Å²) < 4.78 is 6.11. The molecule has 0 unspecified atom stereocenters. The van der Waals surface area contributed by atoms with E-state index in [2.05, 4.69) is 26.2 Å². The number of ether oxygens (including phenoxy) is 1. The number of nitrogens with zero attached hydrogens (tertiary/aromatic N) is 1. The molecule has 0 aromatic carbocycles. The summed E-state index contributed by atoms with van der Waals surface area (Å²) in [5.41, 5.74) is 6.43. The molecule has 5 heteroatoms. The first-order valence-electron chi connectivity index (χ1n) is 4.96. The van der Waals surface area contributed by atoms with Gasteiger partial charge in [-0.15, -0.1) is 0 Å². The van der Waals surface area contributed by atoms with Crippen molar-refractivity contribution in [3.05, 3.63) is 16.7 Å². The van der Waals surface area contributed by atoms with Crippen molar-refractivity contribution in [3.63, 3.8) is 0 Å². The van der Waals surface area contributed by atoms with Crippen molar-refractivity contribution in [2.75, 3.05) is 30.8 Å². The zero-order valence-electron chi connectivity index (χ0n) is 8.79. The molecule has 0 spiro atoms. The van der Waals surface area contributed by atoms with E-state index in [-0.39, 0.29) is 0 Å². The van der Waals surface area contributed by atoms with E-state index in [1.54, 1.807) is 6.20 Å². The Hall–Kier alpha value is -0.810. The molecule has 0 atom stereocenters. The Bertz CT molecular complexity index is 307. The second-order valence-corrected chi connectivity index (χ2v) is 3.98. The largest absolute Gasteiger partial charge is 0.396 e.